The van der Waals surface area contributed by atoms with Gasteiger partial charge in [0.2, 0.25) is 5.91 Å². The summed E-state index contributed by atoms with van der Waals surface area (Å²) in [6.07, 6.45) is -1.12. The number of amides is 1. The monoisotopic (exact) mass is 506 g/mol. The summed E-state index contributed by atoms with van der Waals surface area (Å²) in [5.41, 5.74) is 6.00. The maximum atomic E-state index is 13.7. The van der Waals surface area contributed by atoms with E-state index in [9.17, 15) is 34.8 Å². The number of phenolic OH excluding ortho intramolecular Hbond substituents is 1. The van der Waals surface area contributed by atoms with Gasteiger partial charge in [-0.2, -0.15) is 0 Å². The molecule has 0 radical (unpaired) electrons. The van der Waals surface area contributed by atoms with Crippen LogP contribution in [-0.2, 0) is 22.6 Å². The third kappa shape index (κ3) is 3.77. The number of nitrogens with zero attached hydrogens (tertiary/aromatic N) is 1. The maximum Gasteiger partial charge on any atom is 0.230 e. The average Bonchev–Trinajstić information content (AvgIpc) is 2.81. The highest BCUT2D eigenvalue weighted by atomic mass is 16.3. The number of aliphatic hydroxyl groups excluding tert-OH is 2. The van der Waals surface area contributed by atoms with Gasteiger partial charge < -0.3 is 31.1 Å². The van der Waals surface area contributed by atoms with E-state index in [2.05, 4.69) is 0 Å². The molecule has 0 bridgehead atoms. The Morgan fingerprint density at radius 2 is 1.86 bits per heavy atom. The third-order valence-corrected chi connectivity index (χ3v) is 8.01. The number of aromatic hydroxyl groups is 1. The summed E-state index contributed by atoms with van der Waals surface area (Å²) in [4.78, 5) is 40.7. The standard InChI is InChI=1S/C28H30N2O7/c1-30(2)12-13-4-3-5-14(8-13)17-6-7-19(31)22-18(17)10-15-9-16-11-20(32)23(27(29)36)26(35)28(16,37)25(34)21(15)24(22)33/h3-8,15-16,20,23,31-32,34,37H,9-12H2,1-2H3,(H2,29,36)/t15-,16+,20?,23?,28+/m1/s1. The highest BCUT2D eigenvalue weighted by molar-refractivity contribution is 6.16. The van der Waals surface area contributed by atoms with E-state index in [4.69, 9.17) is 5.73 Å². The molecule has 37 heavy (non-hydrogen) atoms. The van der Waals surface area contributed by atoms with Crippen molar-refractivity contribution in [3.05, 3.63) is 64.4 Å². The van der Waals surface area contributed by atoms with Crippen molar-refractivity contribution >= 4 is 17.5 Å². The van der Waals surface area contributed by atoms with Crippen LogP contribution in [0.25, 0.3) is 11.1 Å². The van der Waals surface area contributed by atoms with E-state index in [0.717, 1.165) is 23.2 Å². The lowest BCUT2D eigenvalue weighted by molar-refractivity contribution is -0.167. The van der Waals surface area contributed by atoms with Crippen LogP contribution in [0.1, 0.15) is 34.3 Å². The SMILES string of the molecule is CN(C)Cc1cccc(-c2ccc(O)c3c2C[C@H]2C[C@H]4CC(O)C(C(N)=O)C(=O)[C@@]4(O)C(O)=C2C3=O)c1. The Balaban J connectivity index is 1.63. The van der Waals surface area contributed by atoms with Gasteiger partial charge in [-0.3, -0.25) is 14.4 Å². The summed E-state index contributed by atoms with van der Waals surface area (Å²) < 4.78 is 0. The molecule has 6 N–H and O–H groups in total. The summed E-state index contributed by atoms with van der Waals surface area (Å²) in [7, 11) is 3.94. The van der Waals surface area contributed by atoms with Crippen molar-refractivity contribution in [3.63, 3.8) is 0 Å². The number of carbonyl (C=O) groups excluding carboxylic acids is 3. The minimum absolute atomic E-state index is 0.0186. The van der Waals surface area contributed by atoms with Gasteiger partial charge >= 0.3 is 0 Å². The number of aliphatic hydroxyl groups is 3. The van der Waals surface area contributed by atoms with Crippen LogP contribution in [0, 0.1) is 17.8 Å². The van der Waals surface area contributed by atoms with Crippen LogP contribution in [0.4, 0.5) is 0 Å². The minimum Gasteiger partial charge on any atom is -0.508 e. The van der Waals surface area contributed by atoms with Gasteiger partial charge in [0.1, 0.15) is 17.4 Å². The predicted molar refractivity (Wildman–Crippen MR) is 133 cm³/mol. The Bertz CT molecular complexity index is 1360. The van der Waals surface area contributed by atoms with Crippen molar-refractivity contribution in [1.29, 1.82) is 0 Å². The summed E-state index contributed by atoms with van der Waals surface area (Å²) in [6, 6.07) is 11.1. The molecular weight excluding hydrogens is 476 g/mol. The number of Topliss-reactive ketones (excluding diaryl/α,β-unsaturated/α-hetero) is 2. The van der Waals surface area contributed by atoms with Crippen LogP contribution >= 0.6 is 0 Å². The predicted octanol–water partition coefficient (Wildman–Crippen LogP) is 1.47. The Kier molecular flexibility index (Phi) is 5.97. The molecule has 1 amide bonds. The first kappa shape index (κ1) is 25.1. The molecule has 2 aromatic carbocycles. The Labute approximate surface area is 213 Å². The number of fused-ring (bicyclic) bond motifs is 3. The van der Waals surface area contributed by atoms with Gasteiger partial charge in [-0.25, -0.2) is 0 Å². The fraction of sp³-hybridized carbons (Fsp3) is 0.393. The first-order valence-corrected chi connectivity index (χ1v) is 12.3. The minimum atomic E-state index is -2.51. The molecule has 5 rings (SSSR count). The normalized spacial score (nSPS) is 29.1. The van der Waals surface area contributed by atoms with Gasteiger partial charge in [0.05, 0.1) is 11.7 Å². The van der Waals surface area contributed by atoms with E-state index in [-0.39, 0.29) is 36.1 Å². The zero-order valence-electron chi connectivity index (χ0n) is 20.6. The molecule has 2 aromatic rings. The molecule has 0 spiro atoms. The highest BCUT2D eigenvalue weighted by Gasteiger charge is 2.62. The van der Waals surface area contributed by atoms with Crippen LogP contribution in [0.3, 0.4) is 0 Å². The van der Waals surface area contributed by atoms with Crippen molar-refractivity contribution in [3.8, 4) is 16.9 Å². The van der Waals surface area contributed by atoms with Crippen molar-refractivity contribution in [2.75, 3.05) is 14.1 Å². The van der Waals surface area contributed by atoms with Crippen molar-refractivity contribution < 1.29 is 34.8 Å². The smallest absolute Gasteiger partial charge is 0.230 e. The molecule has 0 heterocycles. The first-order valence-electron chi connectivity index (χ1n) is 12.3. The molecule has 9 nitrogen and oxygen atoms in total. The van der Waals surface area contributed by atoms with Crippen LogP contribution < -0.4 is 5.73 Å². The number of nitrogens with two attached hydrogens (primary N) is 1. The van der Waals surface area contributed by atoms with Gasteiger partial charge in [0, 0.05) is 18.0 Å². The Morgan fingerprint density at radius 1 is 1.14 bits per heavy atom. The van der Waals surface area contributed by atoms with Crippen molar-refractivity contribution in [2.45, 2.75) is 37.5 Å². The first-order chi connectivity index (χ1) is 17.4. The molecule has 1 fully saturated rings. The number of rotatable bonds is 4. The van der Waals surface area contributed by atoms with Gasteiger partial charge in [0.15, 0.2) is 17.2 Å². The number of phenols is 1. The van der Waals surface area contributed by atoms with E-state index in [1.807, 2.05) is 43.3 Å². The average molecular weight is 507 g/mol. The van der Waals surface area contributed by atoms with Crippen LogP contribution in [0.2, 0.25) is 0 Å². The Hall–Kier alpha value is -3.53. The molecule has 1 saturated carbocycles. The second-order valence-electron chi connectivity index (χ2n) is 10.7. The molecule has 3 aliphatic carbocycles. The summed E-state index contributed by atoms with van der Waals surface area (Å²) in [6.45, 7) is 0.722. The number of primary amides is 1. The number of hydrogen-bond acceptors (Lipinski definition) is 8. The van der Waals surface area contributed by atoms with E-state index in [1.54, 1.807) is 6.07 Å². The molecule has 3 aliphatic rings. The van der Waals surface area contributed by atoms with E-state index in [0.29, 0.717) is 5.56 Å². The zero-order chi connectivity index (χ0) is 26.8. The molecule has 9 heteroatoms. The lowest BCUT2D eigenvalue weighted by Gasteiger charge is -2.48. The van der Waals surface area contributed by atoms with E-state index < -0.39 is 52.7 Å². The number of ketones is 2. The van der Waals surface area contributed by atoms with Crippen molar-refractivity contribution in [1.82, 2.24) is 4.90 Å². The molecule has 0 saturated heterocycles. The number of hydrogen-bond donors (Lipinski definition) is 5. The highest BCUT2D eigenvalue weighted by Crippen LogP contribution is 2.52. The van der Waals surface area contributed by atoms with Crippen LogP contribution in [0.15, 0.2) is 47.7 Å². The van der Waals surface area contributed by atoms with E-state index >= 15 is 0 Å². The third-order valence-electron chi connectivity index (χ3n) is 8.01. The summed E-state index contributed by atoms with van der Waals surface area (Å²) >= 11 is 0. The second kappa shape index (κ2) is 8.79. The van der Waals surface area contributed by atoms with Crippen LogP contribution in [-0.4, -0.2) is 68.6 Å². The van der Waals surface area contributed by atoms with Crippen LogP contribution in [0.5, 0.6) is 5.75 Å². The topological polar surface area (TPSA) is 161 Å². The fourth-order valence-corrected chi connectivity index (χ4v) is 6.40. The summed E-state index contributed by atoms with van der Waals surface area (Å²) in [5.74, 6) is -7.12. The Morgan fingerprint density at radius 3 is 2.54 bits per heavy atom. The molecular formula is C28H30N2O7. The quantitative estimate of drug-likeness (QED) is 0.390. The molecule has 194 valence electrons. The van der Waals surface area contributed by atoms with Gasteiger partial charge in [-0.15, -0.1) is 0 Å². The van der Waals surface area contributed by atoms with E-state index in [1.165, 1.54) is 6.07 Å². The summed E-state index contributed by atoms with van der Waals surface area (Å²) in [5, 5.41) is 43.7. The fourth-order valence-electron chi connectivity index (χ4n) is 6.40. The van der Waals surface area contributed by atoms with Gasteiger partial charge in [-0.05, 0) is 73.7 Å². The molecule has 5 atom stereocenters. The zero-order valence-corrected chi connectivity index (χ0v) is 20.6. The van der Waals surface area contributed by atoms with Gasteiger partial charge in [0.25, 0.3) is 0 Å². The second-order valence-corrected chi connectivity index (χ2v) is 10.7. The number of carbonyl (C=O) groups is 3. The molecule has 0 aliphatic heterocycles. The maximum absolute atomic E-state index is 13.7. The lowest BCUT2D eigenvalue weighted by atomic mass is 9.57. The largest absolute Gasteiger partial charge is 0.508 e. The van der Waals surface area contributed by atoms with Gasteiger partial charge in [-0.1, -0.05) is 24.3 Å². The number of allylic oxidation sites excluding steroid dienone is 1. The lowest BCUT2D eigenvalue weighted by Crippen LogP contribution is -2.63. The van der Waals surface area contributed by atoms with Crippen molar-refractivity contribution in [2.24, 2.45) is 23.5 Å². The number of benzene rings is 2. The molecule has 0 aromatic heterocycles. The molecule has 2 unspecified atom stereocenters.